The molecule has 0 aromatic heterocycles. The number of hydrogen-bond donors (Lipinski definition) is 5. The van der Waals surface area contributed by atoms with Gasteiger partial charge in [0.1, 0.15) is 29.8 Å². The molecule has 0 saturated heterocycles. The quantitative estimate of drug-likeness (QED) is 0.0520. The molecular weight excluding hydrogens is 823 g/mol. The molecule has 0 unspecified atom stereocenters. The van der Waals surface area contributed by atoms with Crippen molar-refractivity contribution < 1.29 is 38.2 Å². The lowest BCUT2D eigenvalue weighted by atomic mass is 9.77. The number of rotatable bonds is 15. The van der Waals surface area contributed by atoms with Crippen LogP contribution >= 0.6 is 0 Å². The molecule has 0 bridgehead atoms. The Kier molecular flexibility index (Phi) is 15.1. The lowest BCUT2D eigenvalue weighted by Gasteiger charge is -2.37. The van der Waals surface area contributed by atoms with Crippen molar-refractivity contribution in [2.24, 2.45) is 0 Å². The number of carbonyl (C=O) groups excluding carboxylic acids is 5. The van der Waals surface area contributed by atoms with E-state index in [0.717, 1.165) is 38.9 Å². The molecule has 5 N–H and O–H groups in total. The molecule has 6 rings (SSSR count). The van der Waals surface area contributed by atoms with Crippen LogP contribution in [0.15, 0.2) is 140 Å². The summed E-state index contributed by atoms with van der Waals surface area (Å²) < 4.78 is 17.2. The van der Waals surface area contributed by atoms with E-state index in [1.165, 1.54) is 0 Å². The van der Waals surface area contributed by atoms with Crippen molar-refractivity contribution in [2.75, 3.05) is 6.61 Å². The van der Waals surface area contributed by atoms with Gasteiger partial charge in [0.15, 0.2) is 0 Å². The Hall–Kier alpha value is -6.99. The van der Waals surface area contributed by atoms with Gasteiger partial charge in [-0.25, -0.2) is 9.59 Å². The van der Waals surface area contributed by atoms with Crippen LogP contribution in [0.4, 0.5) is 9.59 Å². The molecule has 0 spiro atoms. The summed E-state index contributed by atoms with van der Waals surface area (Å²) >= 11 is 0. The first-order valence-electron chi connectivity index (χ1n) is 21.8. The molecule has 0 radical (unpaired) electrons. The summed E-state index contributed by atoms with van der Waals surface area (Å²) in [7, 11) is 0. The van der Waals surface area contributed by atoms with Gasteiger partial charge < -0.3 is 30.2 Å². The van der Waals surface area contributed by atoms with Gasteiger partial charge in [-0.05, 0) is 93.8 Å². The van der Waals surface area contributed by atoms with E-state index in [-0.39, 0.29) is 25.4 Å². The molecule has 1 aliphatic rings. The number of amides is 5. The van der Waals surface area contributed by atoms with Gasteiger partial charge in [0, 0.05) is 12.3 Å². The summed E-state index contributed by atoms with van der Waals surface area (Å²) in [6.07, 6.45) is -3.08. The maximum atomic E-state index is 14.3. The highest BCUT2D eigenvalue weighted by Crippen LogP contribution is 2.44. The van der Waals surface area contributed by atoms with Gasteiger partial charge in [0.2, 0.25) is 5.91 Å². The van der Waals surface area contributed by atoms with Crippen LogP contribution in [0.3, 0.4) is 0 Å². The third kappa shape index (κ3) is 12.2. The Morgan fingerprint density at radius 1 is 0.569 bits per heavy atom. The fourth-order valence-electron chi connectivity index (χ4n) is 8.12. The summed E-state index contributed by atoms with van der Waals surface area (Å²) in [6.45, 7) is 12.0. The molecule has 0 aliphatic heterocycles. The number of benzene rings is 5. The molecule has 65 heavy (non-hydrogen) atoms. The fraction of sp³-hybridized carbons (Fsp3) is 0.327. The van der Waals surface area contributed by atoms with E-state index >= 15 is 0 Å². The van der Waals surface area contributed by atoms with Crippen LogP contribution in [-0.4, -0.2) is 65.9 Å². The van der Waals surface area contributed by atoms with E-state index in [9.17, 15) is 24.0 Å². The molecule has 3 atom stereocenters. The van der Waals surface area contributed by atoms with E-state index in [4.69, 9.17) is 14.2 Å². The summed E-state index contributed by atoms with van der Waals surface area (Å²) in [5.41, 5.74) is 8.61. The second-order valence-corrected chi connectivity index (χ2v) is 18.0. The molecule has 5 aromatic rings. The second kappa shape index (κ2) is 20.7. The van der Waals surface area contributed by atoms with E-state index < -0.39 is 64.8 Å². The monoisotopic (exact) mass is 881 g/mol. The topological polar surface area (TPSA) is 173 Å². The van der Waals surface area contributed by atoms with Crippen LogP contribution in [0.1, 0.15) is 95.0 Å². The van der Waals surface area contributed by atoms with Gasteiger partial charge in [-0.2, -0.15) is 0 Å². The average molecular weight is 882 g/mol. The number of ether oxygens (including phenoxy) is 3. The predicted octanol–water partition coefficient (Wildman–Crippen LogP) is 8.03. The van der Waals surface area contributed by atoms with E-state index in [1.807, 2.05) is 140 Å². The molecule has 0 saturated carbocycles. The molecule has 5 amide bonds. The largest absolute Gasteiger partial charge is 0.449 e. The third-order valence-corrected chi connectivity index (χ3v) is 10.8. The second-order valence-electron chi connectivity index (χ2n) is 18.0. The Morgan fingerprint density at radius 3 is 1.51 bits per heavy atom. The normalized spacial score (nSPS) is 13.8. The summed E-state index contributed by atoms with van der Waals surface area (Å²) in [6, 6.07) is 41.9. The Morgan fingerprint density at radius 2 is 1.03 bits per heavy atom. The molecule has 0 heterocycles. The van der Waals surface area contributed by atoms with Crippen LogP contribution in [0.2, 0.25) is 0 Å². The molecule has 13 nitrogen and oxygen atoms in total. The lowest BCUT2D eigenvalue weighted by Crippen LogP contribution is -2.60. The minimum Gasteiger partial charge on any atom is -0.449 e. The van der Waals surface area contributed by atoms with Crippen LogP contribution in [-0.2, 0) is 34.1 Å². The molecular formula is C52H59N5O8. The highest BCUT2D eigenvalue weighted by Gasteiger charge is 2.39. The van der Waals surface area contributed by atoms with Crippen LogP contribution < -0.4 is 26.8 Å². The van der Waals surface area contributed by atoms with Gasteiger partial charge in [-0.15, -0.1) is 0 Å². The zero-order valence-electron chi connectivity index (χ0n) is 38.0. The first-order valence-corrected chi connectivity index (χ1v) is 21.8. The summed E-state index contributed by atoms with van der Waals surface area (Å²) in [5.74, 6) is -2.34. The maximum Gasteiger partial charge on any atom is 0.408 e. The van der Waals surface area contributed by atoms with Gasteiger partial charge in [-0.3, -0.25) is 25.2 Å². The number of alkyl carbamates (subject to hydrolysis) is 2. The van der Waals surface area contributed by atoms with Crippen LogP contribution in [0.25, 0.3) is 11.1 Å². The predicted molar refractivity (Wildman–Crippen MR) is 248 cm³/mol. The van der Waals surface area contributed by atoms with E-state index in [0.29, 0.717) is 0 Å². The molecule has 5 aromatic carbocycles. The Labute approximate surface area is 381 Å². The Bertz CT molecular complexity index is 2290. The third-order valence-electron chi connectivity index (χ3n) is 10.8. The Balaban J connectivity index is 1.23. The number of hydrazine groups is 1. The van der Waals surface area contributed by atoms with Crippen molar-refractivity contribution in [3.63, 3.8) is 0 Å². The maximum absolute atomic E-state index is 14.3. The summed E-state index contributed by atoms with van der Waals surface area (Å²) in [4.78, 5) is 68.7. The van der Waals surface area contributed by atoms with Crippen LogP contribution in [0.5, 0.6) is 0 Å². The molecule has 340 valence electrons. The lowest BCUT2D eigenvalue weighted by molar-refractivity contribution is -0.136. The minimum atomic E-state index is -1.38. The minimum absolute atomic E-state index is 0.0250. The fourth-order valence-corrected chi connectivity index (χ4v) is 8.12. The van der Waals surface area contributed by atoms with Crippen molar-refractivity contribution in [3.05, 3.63) is 167 Å². The van der Waals surface area contributed by atoms with Crippen molar-refractivity contribution in [3.8, 4) is 11.1 Å². The van der Waals surface area contributed by atoms with Crippen molar-refractivity contribution in [1.82, 2.24) is 26.8 Å². The average Bonchev–Trinajstić information content (AvgIpc) is 3.60. The van der Waals surface area contributed by atoms with Gasteiger partial charge >= 0.3 is 12.2 Å². The number of carbonyl (C=O) groups is 5. The summed E-state index contributed by atoms with van der Waals surface area (Å²) in [5, 5.41) is 8.48. The smallest absolute Gasteiger partial charge is 0.408 e. The first kappa shape index (κ1) is 47.5. The standard InChI is InChI=1S/C52H59N5O8/c1-34(64-50(2,3)4)45(54-49(62)65-51(5,6)7)47(60)57-56-46(59)43(53-48(61)63-33-42-40-29-19-17-27-38(40)39-28-18-20-30-41(39)42)31-32-44(58)55-52(35-21-11-8-12-22-35,36-23-13-9-14-24-36)37-25-15-10-16-26-37/h8-30,34,42-43,45H,31-33H2,1-7H3,(H,53,61)(H,54,62)(H,55,58)(H,56,59)(H,57,60)/t34-,43+,45+/m1/s1. The van der Waals surface area contributed by atoms with Gasteiger partial charge in [0.05, 0.1) is 11.7 Å². The highest BCUT2D eigenvalue weighted by atomic mass is 16.6. The first-order chi connectivity index (χ1) is 30.9. The number of nitrogens with one attached hydrogen (secondary N) is 5. The van der Waals surface area contributed by atoms with Crippen LogP contribution in [0, 0.1) is 0 Å². The van der Waals surface area contributed by atoms with Crippen molar-refractivity contribution in [2.45, 2.75) is 102 Å². The van der Waals surface area contributed by atoms with Gasteiger partial charge in [0.25, 0.3) is 11.8 Å². The van der Waals surface area contributed by atoms with Crippen molar-refractivity contribution in [1.29, 1.82) is 0 Å². The zero-order valence-corrected chi connectivity index (χ0v) is 38.0. The zero-order chi connectivity index (χ0) is 46.8. The van der Waals surface area contributed by atoms with Gasteiger partial charge in [-0.1, -0.05) is 140 Å². The number of fused-ring (bicyclic) bond motifs is 3. The number of hydrogen-bond acceptors (Lipinski definition) is 8. The molecule has 13 heteroatoms. The van der Waals surface area contributed by atoms with E-state index in [1.54, 1.807) is 48.5 Å². The highest BCUT2D eigenvalue weighted by molar-refractivity contribution is 5.91. The van der Waals surface area contributed by atoms with E-state index in [2.05, 4.69) is 26.8 Å². The molecule has 1 aliphatic carbocycles. The SMILES string of the molecule is C[C@@H](OC(C)(C)C)[C@H](NC(=O)OC(C)(C)C)C(=O)NNC(=O)[C@H](CCC(=O)NC(c1ccccc1)(c1ccccc1)c1ccccc1)NC(=O)OCC1c2ccccc2-c2ccccc21. The van der Waals surface area contributed by atoms with Crippen molar-refractivity contribution >= 4 is 29.9 Å². The molecule has 0 fully saturated rings.